The Morgan fingerprint density at radius 3 is 2.67 bits per heavy atom. The van der Waals surface area contributed by atoms with E-state index in [4.69, 9.17) is 6.42 Å². The van der Waals surface area contributed by atoms with Gasteiger partial charge >= 0.3 is 0 Å². The highest BCUT2D eigenvalue weighted by atomic mass is 32.2. The van der Waals surface area contributed by atoms with Crippen molar-refractivity contribution < 1.29 is 13.2 Å². The van der Waals surface area contributed by atoms with Crippen LogP contribution in [0.15, 0.2) is 52.4 Å². The first-order valence-corrected chi connectivity index (χ1v) is 13.3. The van der Waals surface area contributed by atoms with E-state index < -0.39 is 15.9 Å². The number of aryl methyl sites for hydroxylation is 1. The zero-order chi connectivity index (χ0) is 23.6. The van der Waals surface area contributed by atoms with Crippen LogP contribution in [-0.4, -0.2) is 36.3 Å². The molecule has 3 aromatic rings. The van der Waals surface area contributed by atoms with E-state index in [0.717, 1.165) is 29.5 Å². The summed E-state index contributed by atoms with van der Waals surface area (Å²) in [5.41, 5.74) is 2.48. The summed E-state index contributed by atoms with van der Waals surface area (Å²) in [6.45, 7) is 5.52. The third-order valence-electron chi connectivity index (χ3n) is 5.96. The van der Waals surface area contributed by atoms with Gasteiger partial charge in [0, 0.05) is 18.7 Å². The monoisotopic (exact) mass is 481 g/mol. The fourth-order valence-electron chi connectivity index (χ4n) is 4.10. The van der Waals surface area contributed by atoms with Gasteiger partial charge in [0.25, 0.3) is 5.91 Å². The number of fused-ring (bicyclic) bond motifs is 1. The Kier molecular flexibility index (Phi) is 6.84. The minimum Gasteiger partial charge on any atom is -0.305 e. The summed E-state index contributed by atoms with van der Waals surface area (Å²) in [6, 6.07) is 12.2. The molecule has 1 atom stereocenters. The van der Waals surface area contributed by atoms with Crippen molar-refractivity contribution in [3.8, 4) is 12.3 Å². The van der Waals surface area contributed by atoms with Crippen LogP contribution in [0.2, 0.25) is 0 Å². The first-order valence-electron chi connectivity index (χ1n) is 11.1. The first-order chi connectivity index (χ1) is 15.8. The molecule has 1 amide bonds. The number of sulfonamides is 1. The fraction of sp³-hybridized carbons (Fsp3) is 0.360. The number of amides is 1. The van der Waals surface area contributed by atoms with Crippen LogP contribution >= 0.6 is 11.3 Å². The molecule has 2 heterocycles. The fourth-order valence-corrected chi connectivity index (χ4v) is 6.79. The van der Waals surface area contributed by atoms with Crippen molar-refractivity contribution in [3.05, 3.63) is 58.4 Å². The summed E-state index contributed by atoms with van der Waals surface area (Å²) in [7, 11) is -3.57. The molecule has 33 heavy (non-hydrogen) atoms. The van der Waals surface area contributed by atoms with Crippen molar-refractivity contribution in [2.24, 2.45) is 10.9 Å². The van der Waals surface area contributed by atoms with Gasteiger partial charge in [0.15, 0.2) is 4.80 Å². The molecule has 1 unspecified atom stereocenters. The number of terminal acetylenes is 1. The van der Waals surface area contributed by atoms with Gasteiger partial charge in [-0.2, -0.15) is 9.30 Å². The Labute approximate surface area is 198 Å². The number of piperidine rings is 1. The number of thiazole rings is 1. The highest BCUT2D eigenvalue weighted by molar-refractivity contribution is 7.89. The smallest absolute Gasteiger partial charge is 0.279 e. The second-order valence-electron chi connectivity index (χ2n) is 8.38. The first kappa shape index (κ1) is 23.4. The molecule has 172 valence electrons. The van der Waals surface area contributed by atoms with Crippen LogP contribution < -0.4 is 4.80 Å². The van der Waals surface area contributed by atoms with Gasteiger partial charge in [0.1, 0.15) is 0 Å². The lowest BCUT2D eigenvalue weighted by Crippen LogP contribution is -2.39. The predicted octanol–water partition coefficient (Wildman–Crippen LogP) is 4.06. The van der Waals surface area contributed by atoms with E-state index in [1.807, 2.05) is 10.6 Å². The number of carbonyl (C=O) groups excluding carboxylic acids is 1. The quantitative estimate of drug-likeness (QED) is 0.516. The summed E-state index contributed by atoms with van der Waals surface area (Å²) >= 11 is 1.42. The Morgan fingerprint density at radius 2 is 2.00 bits per heavy atom. The number of nitrogens with zero attached hydrogens (tertiary/aromatic N) is 3. The average molecular weight is 482 g/mol. The van der Waals surface area contributed by atoms with Crippen LogP contribution in [0.3, 0.4) is 0 Å². The maximum Gasteiger partial charge on any atom is 0.279 e. The third kappa shape index (κ3) is 4.81. The van der Waals surface area contributed by atoms with Gasteiger partial charge in [-0.15, -0.1) is 6.42 Å². The lowest BCUT2D eigenvalue weighted by molar-refractivity contribution is 0.0998. The van der Waals surface area contributed by atoms with Gasteiger partial charge < -0.3 is 4.57 Å². The number of carbonyl (C=O) groups is 1. The van der Waals surface area contributed by atoms with Gasteiger partial charge in [0.2, 0.25) is 10.0 Å². The topological polar surface area (TPSA) is 71.7 Å². The van der Waals surface area contributed by atoms with Crippen LogP contribution in [0.5, 0.6) is 0 Å². The van der Waals surface area contributed by atoms with Gasteiger partial charge in [-0.05, 0) is 67.1 Å². The lowest BCUT2D eigenvalue weighted by atomic mass is 10.0. The molecular weight excluding hydrogens is 454 g/mol. The average Bonchev–Trinajstić information content (AvgIpc) is 3.15. The highest BCUT2D eigenvalue weighted by Crippen LogP contribution is 2.24. The molecule has 1 aliphatic rings. The normalized spacial score (nSPS) is 17.8. The van der Waals surface area contributed by atoms with E-state index >= 15 is 0 Å². The summed E-state index contributed by atoms with van der Waals surface area (Å²) < 4.78 is 30.4. The molecule has 1 aliphatic heterocycles. The van der Waals surface area contributed by atoms with Gasteiger partial charge in [-0.25, -0.2) is 8.42 Å². The van der Waals surface area contributed by atoms with E-state index in [-0.39, 0.29) is 4.90 Å². The standard InChI is InChI=1S/C25H27N3O3S2/c1-4-14-28-22-13-8-19(5-2)16-23(22)32-25(28)26-24(29)20-9-11-21(12-10-20)33(30,31)27-15-6-7-18(3)17-27/h1,8-13,16,18H,5-7,14-15,17H2,2-3H3. The molecule has 0 aliphatic carbocycles. The summed E-state index contributed by atoms with van der Waals surface area (Å²) in [5, 5.41) is 0. The van der Waals surface area contributed by atoms with Crippen molar-refractivity contribution >= 4 is 37.5 Å². The molecular formula is C25H27N3O3S2. The van der Waals surface area contributed by atoms with Crippen molar-refractivity contribution in [2.75, 3.05) is 13.1 Å². The minimum absolute atomic E-state index is 0.199. The lowest BCUT2D eigenvalue weighted by Gasteiger charge is -2.30. The Morgan fingerprint density at radius 1 is 1.24 bits per heavy atom. The van der Waals surface area contributed by atoms with Gasteiger partial charge in [-0.1, -0.05) is 37.2 Å². The van der Waals surface area contributed by atoms with Crippen molar-refractivity contribution in [1.82, 2.24) is 8.87 Å². The van der Waals surface area contributed by atoms with Crippen LogP contribution in [0, 0.1) is 18.3 Å². The zero-order valence-corrected chi connectivity index (χ0v) is 20.5. The van der Waals surface area contributed by atoms with Gasteiger partial charge in [0.05, 0.1) is 21.7 Å². The maximum atomic E-state index is 13.0. The molecule has 1 saturated heterocycles. The van der Waals surface area contributed by atoms with E-state index in [1.165, 1.54) is 45.5 Å². The molecule has 1 aromatic heterocycles. The molecule has 0 saturated carbocycles. The maximum absolute atomic E-state index is 13.0. The van der Waals surface area contributed by atoms with Crippen molar-refractivity contribution in [3.63, 3.8) is 0 Å². The molecule has 0 N–H and O–H groups in total. The molecule has 8 heteroatoms. The molecule has 0 radical (unpaired) electrons. The number of hydrogen-bond acceptors (Lipinski definition) is 4. The van der Waals surface area contributed by atoms with Crippen LogP contribution in [-0.2, 0) is 23.0 Å². The SMILES string of the molecule is C#CCn1c(=NC(=O)c2ccc(S(=O)(=O)N3CCCC(C)C3)cc2)sc2cc(CC)ccc21. The summed E-state index contributed by atoms with van der Waals surface area (Å²) in [5.74, 6) is 2.54. The Hall–Kier alpha value is -2.73. The van der Waals surface area contributed by atoms with E-state index in [1.54, 1.807) is 0 Å². The second kappa shape index (κ2) is 9.64. The summed E-state index contributed by atoms with van der Waals surface area (Å²) in [4.78, 5) is 17.9. The Bertz CT molecular complexity index is 1390. The van der Waals surface area contributed by atoms with Crippen molar-refractivity contribution in [2.45, 2.75) is 44.6 Å². The van der Waals surface area contributed by atoms with E-state index in [2.05, 4.69) is 36.9 Å². The minimum atomic E-state index is -3.57. The number of aromatic nitrogens is 1. The van der Waals surface area contributed by atoms with Crippen molar-refractivity contribution in [1.29, 1.82) is 0 Å². The van der Waals surface area contributed by atoms with Gasteiger partial charge in [-0.3, -0.25) is 4.79 Å². The van der Waals surface area contributed by atoms with Crippen LogP contribution in [0.4, 0.5) is 0 Å². The number of rotatable bonds is 5. The molecule has 2 aromatic carbocycles. The molecule has 4 rings (SSSR count). The largest absolute Gasteiger partial charge is 0.305 e. The molecule has 6 nitrogen and oxygen atoms in total. The van der Waals surface area contributed by atoms with Crippen LogP contribution in [0.1, 0.15) is 42.6 Å². The number of benzene rings is 2. The highest BCUT2D eigenvalue weighted by Gasteiger charge is 2.28. The third-order valence-corrected chi connectivity index (χ3v) is 8.88. The Balaban J connectivity index is 1.64. The second-order valence-corrected chi connectivity index (χ2v) is 11.3. The van der Waals surface area contributed by atoms with Crippen LogP contribution in [0.25, 0.3) is 10.2 Å². The van der Waals surface area contributed by atoms with E-state index in [0.29, 0.717) is 35.9 Å². The zero-order valence-electron chi connectivity index (χ0n) is 18.8. The molecule has 0 spiro atoms. The predicted molar refractivity (Wildman–Crippen MR) is 132 cm³/mol. The number of hydrogen-bond donors (Lipinski definition) is 0. The molecule has 1 fully saturated rings. The van der Waals surface area contributed by atoms with E-state index in [9.17, 15) is 13.2 Å². The summed E-state index contributed by atoms with van der Waals surface area (Å²) in [6.07, 6.45) is 8.37. The molecule has 0 bridgehead atoms.